The summed E-state index contributed by atoms with van der Waals surface area (Å²) >= 11 is 0. The van der Waals surface area contributed by atoms with Gasteiger partial charge in [0, 0.05) is 30.1 Å². The molecule has 3 aromatic rings. The average Bonchev–Trinajstić information content (AvgIpc) is 3.05. The van der Waals surface area contributed by atoms with Crippen LogP contribution in [0.5, 0.6) is 5.75 Å². The van der Waals surface area contributed by atoms with Crippen molar-refractivity contribution in [2.75, 3.05) is 6.61 Å². The van der Waals surface area contributed by atoms with E-state index in [9.17, 15) is 19.1 Å². The molecule has 1 fully saturated rings. The fourth-order valence-electron chi connectivity index (χ4n) is 3.78. The minimum Gasteiger partial charge on any atom is -0.507 e. The van der Waals surface area contributed by atoms with Crippen LogP contribution in [0.25, 0.3) is 5.76 Å². The van der Waals surface area contributed by atoms with Gasteiger partial charge in [0.25, 0.3) is 11.7 Å². The maximum atomic E-state index is 14.8. The summed E-state index contributed by atoms with van der Waals surface area (Å²) in [4.78, 5) is 31.3. The van der Waals surface area contributed by atoms with Crippen molar-refractivity contribution in [2.45, 2.75) is 19.5 Å². The summed E-state index contributed by atoms with van der Waals surface area (Å²) in [6, 6.07) is 14.8. The molecule has 4 rings (SSSR count). The van der Waals surface area contributed by atoms with Crippen LogP contribution in [0, 0.1) is 5.82 Å². The molecule has 0 bridgehead atoms. The average molecular weight is 432 g/mol. The van der Waals surface area contributed by atoms with Crippen LogP contribution in [0.3, 0.4) is 0 Å². The highest BCUT2D eigenvalue weighted by Crippen LogP contribution is 2.41. The molecule has 2 heterocycles. The van der Waals surface area contributed by atoms with Gasteiger partial charge in [0.15, 0.2) is 0 Å². The van der Waals surface area contributed by atoms with Crippen molar-refractivity contribution in [3.8, 4) is 5.75 Å². The van der Waals surface area contributed by atoms with E-state index in [0.29, 0.717) is 23.5 Å². The van der Waals surface area contributed by atoms with Gasteiger partial charge in [0.2, 0.25) is 0 Å². The fourth-order valence-corrected chi connectivity index (χ4v) is 3.78. The summed E-state index contributed by atoms with van der Waals surface area (Å²) in [5.41, 5.74) is 0.974. The quantitative estimate of drug-likeness (QED) is 0.358. The third-order valence-electron chi connectivity index (χ3n) is 5.25. The van der Waals surface area contributed by atoms with Crippen molar-refractivity contribution in [1.82, 2.24) is 9.88 Å². The van der Waals surface area contributed by atoms with E-state index in [1.54, 1.807) is 54.9 Å². The van der Waals surface area contributed by atoms with E-state index in [1.807, 2.05) is 6.92 Å². The number of aliphatic hydroxyl groups is 1. The second kappa shape index (κ2) is 9.01. The van der Waals surface area contributed by atoms with Gasteiger partial charge in [-0.2, -0.15) is 0 Å². The van der Waals surface area contributed by atoms with Gasteiger partial charge < -0.3 is 14.7 Å². The Morgan fingerprint density at radius 1 is 1.09 bits per heavy atom. The predicted molar refractivity (Wildman–Crippen MR) is 116 cm³/mol. The molecule has 162 valence electrons. The summed E-state index contributed by atoms with van der Waals surface area (Å²) in [7, 11) is 0. The van der Waals surface area contributed by atoms with Crippen LogP contribution in [0.1, 0.15) is 29.7 Å². The number of aliphatic hydroxyl groups excluding tert-OH is 1. The molecule has 7 heteroatoms. The highest BCUT2D eigenvalue weighted by Gasteiger charge is 2.46. The fraction of sp³-hybridized carbons (Fsp3) is 0.160. The molecule has 0 radical (unpaired) electrons. The Labute approximate surface area is 184 Å². The molecular formula is C25H21FN2O4. The zero-order valence-electron chi connectivity index (χ0n) is 17.4. The first-order valence-corrected chi connectivity index (χ1v) is 10.2. The number of aromatic nitrogens is 1. The molecule has 1 N–H and O–H groups in total. The van der Waals surface area contributed by atoms with Crippen LogP contribution in [0.2, 0.25) is 0 Å². The monoisotopic (exact) mass is 432 g/mol. The van der Waals surface area contributed by atoms with Crippen molar-refractivity contribution >= 4 is 17.4 Å². The summed E-state index contributed by atoms with van der Waals surface area (Å²) in [5.74, 6) is -2.02. The first-order valence-electron chi connectivity index (χ1n) is 10.2. The SMILES string of the molecule is CCOc1ccc(/C(O)=C2/C(=O)C(=O)N(Cc3cccnc3)C2c2ccccc2F)cc1. The molecule has 0 aliphatic carbocycles. The van der Waals surface area contributed by atoms with Crippen LogP contribution in [-0.4, -0.2) is 33.3 Å². The Hall–Kier alpha value is -4.00. The number of likely N-dealkylation sites (tertiary alicyclic amines) is 1. The van der Waals surface area contributed by atoms with Crippen LogP contribution in [-0.2, 0) is 16.1 Å². The maximum Gasteiger partial charge on any atom is 0.295 e. The van der Waals surface area contributed by atoms with Gasteiger partial charge in [-0.05, 0) is 48.9 Å². The van der Waals surface area contributed by atoms with E-state index in [2.05, 4.69) is 4.98 Å². The van der Waals surface area contributed by atoms with Gasteiger partial charge in [-0.25, -0.2) is 4.39 Å². The summed E-state index contributed by atoms with van der Waals surface area (Å²) in [5, 5.41) is 11.0. The van der Waals surface area contributed by atoms with Gasteiger partial charge in [0.05, 0.1) is 18.2 Å². The highest BCUT2D eigenvalue weighted by atomic mass is 19.1. The molecule has 1 aliphatic rings. The molecule has 1 aliphatic heterocycles. The summed E-state index contributed by atoms with van der Waals surface area (Å²) < 4.78 is 20.2. The number of amides is 1. The van der Waals surface area contributed by atoms with Crippen molar-refractivity contribution in [3.05, 3.63) is 101 Å². The third-order valence-corrected chi connectivity index (χ3v) is 5.25. The van der Waals surface area contributed by atoms with E-state index >= 15 is 0 Å². The zero-order valence-corrected chi connectivity index (χ0v) is 17.4. The molecule has 6 nitrogen and oxygen atoms in total. The summed E-state index contributed by atoms with van der Waals surface area (Å²) in [6.07, 6.45) is 3.17. The van der Waals surface area contributed by atoms with Crippen LogP contribution in [0.15, 0.2) is 78.6 Å². The molecule has 1 amide bonds. The molecule has 0 saturated carbocycles. The topological polar surface area (TPSA) is 79.7 Å². The number of ether oxygens (including phenoxy) is 1. The van der Waals surface area contributed by atoms with Gasteiger partial charge >= 0.3 is 0 Å². The van der Waals surface area contributed by atoms with Crippen LogP contribution < -0.4 is 4.74 Å². The standard InChI is InChI=1S/C25H21FN2O4/c1-2-32-18-11-9-17(10-12-18)23(29)21-22(19-7-3-4-8-20(19)26)28(25(31)24(21)30)15-16-6-5-13-27-14-16/h3-14,22,29H,2,15H2,1H3/b23-21-. The Bertz CT molecular complexity index is 1180. The van der Waals surface area contributed by atoms with Crippen molar-refractivity contribution in [1.29, 1.82) is 0 Å². The van der Waals surface area contributed by atoms with Crippen LogP contribution >= 0.6 is 0 Å². The van der Waals surface area contributed by atoms with Crippen LogP contribution in [0.4, 0.5) is 4.39 Å². The Balaban J connectivity index is 1.84. The number of nitrogens with zero attached hydrogens (tertiary/aromatic N) is 2. The maximum absolute atomic E-state index is 14.8. The molecule has 0 spiro atoms. The Morgan fingerprint density at radius 3 is 2.50 bits per heavy atom. The number of carbonyl (C=O) groups is 2. The summed E-state index contributed by atoms with van der Waals surface area (Å²) in [6.45, 7) is 2.38. The molecular weight excluding hydrogens is 411 g/mol. The minimum atomic E-state index is -1.08. The number of halogens is 1. The second-order valence-electron chi connectivity index (χ2n) is 7.27. The second-order valence-corrected chi connectivity index (χ2v) is 7.27. The largest absolute Gasteiger partial charge is 0.507 e. The van der Waals surface area contributed by atoms with E-state index < -0.39 is 23.5 Å². The Morgan fingerprint density at radius 2 is 1.84 bits per heavy atom. The molecule has 2 aromatic carbocycles. The van der Waals surface area contributed by atoms with Crippen molar-refractivity contribution in [3.63, 3.8) is 0 Å². The minimum absolute atomic E-state index is 0.0392. The molecule has 1 unspecified atom stereocenters. The number of hydrogen-bond donors (Lipinski definition) is 1. The molecule has 32 heavy (non-hydrogen) atoms. The van der Waals surface area contributed by atoms with Gasteiger partial charge in [-0.15, -0.1) is 0 Å². The number of rotatable bonds is 6. The lowest BCUT2D eigenvalue weighted by molar-refractivity contribution is -0.140. The number of hydrogen-bond acceptors (Lipinski definition) is 5. The molecule has 1 aromatic heterocycles. The number of ketones is 1. The smallest absolute Gasteiger partial charge is 0.295 e. The lowest BCUT2D eigenvalue weighted by Gasteiger charge is -2.25. The van der Waals surface area contributed by atoms with E-state index in [0.717, 1.165) is 0 Å². The number of benzene rings is 2. The van der Waals surface area contributed by atoms with Crippen molar-refractivity contribution in [2.24, 2.45) is 0 Å². The Kier molecular flexibility index (Phi) is 5.98. The first-order chi connectivity index (χ1) is 15.5. The van der Waals surface area contributed by atoms with Crippen molar-refractivity contribution < 1.29 is 23.8 Å². The molecule has 1 atom stereocenters. The van der Waals surface area contributed by atoms with E-state index in [4.69, 9.17) is 4.74 Å². The normalized spacial score (nSPS) is 17.6. The van der Waals surface area contributed by atoms with Gasteiger partial charge in [-0.1, -0.05) is 24.3 Å². The first kappa shape index (κ1) is 21.2. The number of pyridine rings is 1. The van der Waals surface area contributed by atoms with E-state index in [1.165, 1.54) is 23.1 Å². The van der Waals surface area contributed by atoms with Gasteiger partial charge in [-0.3, -0.25) is 14.6 Å². The van der Waals surface area contributed by atoms with Gasteiger partial charge in [0.1, 0.15) is 17.3 Å². The molecule has 1 saturated heterocycles. The zero-order chi connectivity index (χ0) is 22.7. The van der Waals surface area contributed by atoms with E-state index in [-0.39, 0.29) is 23.4 Å². The highest BCUT2D eigenvalue weighted by molar-refractivity contribution is 6.46. The number of Topliss-reactive ketones (excluding diaryl/α,β-unsaturated/α-hetero) is 1. The number of carbonyl (C=O) groups excluding carboxylic acids is 2. The lowest BCUT2D eigenvalue weighted by Crippen LogP contribution is -2.29. The predicted octanol–water partition coefficient (Wildman–Crippen LogP) is 4.24. The lowest BCUT2D eigenvalue weighted by atomic mass is 9.94. The third kappa shape index (κ3) is 3.97.